The van der Waals surface area contributed by atoms with Gasteiger partial charge in [0.1, 0.15) is 22.8 Å². The van der Waals surface area contributed by atoms with Crippen molar-refractivity contribution >= 4 is 28.4 Å². The minimum Gasteiger partial charge on any atom is -0.497 e. The second kappa shape index (κ2) is 11.9. The molecular formula is C36H44N4O5. The summed E-state index contributed by atoms with van der Waals surface area (Å²) in [6.07, 6.45) is 2.95. The zero-order valence-corrected chi connectivity index (χ0v) is 27.1. The smallest absolute Gasteiger partial charge is 0.250 e. The Morgan fingerprint density at radius 3 is 2.51 bits per heavy atom. The van der Waals surface area contributed by atoms with Crippen LogP contribution in [0.5, 0.6) is 11.5 Å². The number of aromatic amines is 1. The van der Waals surface area contributed by atoms with Crippen molar-refractivity contribution in [2.75, 3.05) is 39.7 Å². The van der Waals surface area contributed by atoms with Gasteiger partial charge in [-0.2, -0.15) is 0 Å². The minimum absolute atomic E-state index is 0.0362. The van der Waals surface area contributed by atoms with Gasteiger partial charge in [-0.3, -0.25) is 9.59 Å². The Labute approximate surface area is 264 Å². The molecule has 2 N–H and O–H groups in total. The molecule has 2 fully saturated rings. The molecule has 6 rings (SSSR count). The molecule has 0 unspecified atom stereocenters. The number of piperidine rings is 1. The predicted octanol–water partition coefficient (Wildman–Crippen LogP) is 6.35. The molecule has 3 heterocycles. The summed E-state index contributed by atoms with van der Waals surface area (Å²) in [4.78, 5) is 36.7. The zero-order chi connectivity index (χ0) is 31.9. The Morgan fingerprint density at radius 1 is 1.07 bits per heavy atom. The first kappa shape index (κ1) is 30.8. The molecule has 45 heavy (non-hydrogen) atoms. The molecule has 9 nitrogen and oxygen atoms in total. The molecule has 238 valence electrons. The lowest BCUT2D eigenvalue weighted by Crippen LogP contribution is -2.62. The maximum absolute atomic E-state index is 14.7. The SMILES string of the molecule is COc1ccc(NC(=O)C2(N(Cc3ccco3)C(=O)C[C@H]3[C@H](c4c(C)[nH]c5ccccc45)C3(C)C)CCN(C)CC2)c(OC)c1. The van der Waals surface area contributed by atoms with E-state index in [1.807, 2.05) is 25.2 Å². The Kier molecular flexibility index (Phi) is 8.16. The van der Waals surface area contributed by atoms with E-state index in [1.54, 1.807) is 43.6 Å². The highest BCUT2D eigenvalue weighted by atomic mass is 16.5. The number of methoxy groups -OCH3 is 2. The Hall–Kier alpha value is -4.24. The first-order valence-corrected chi connectivity index (χ1v) is 15.7. The molecule has 2 aliphatic rings. The number of furan rings is 1. The van der Waals surface area contributed by atoms with Gasteiger partial charge < -0.3 is 34.0 Å². The van der Waals surface area contributed by atoms with Crippen molar-refractivity contribution in [1.29, 1.82) is 0 Å². The topological polar surface area (TPSA) is 100 Å². The third-order valence-electron chi connectivity index (χ3n) is 10.3. The lowest BCUT2D eigenvalue weighted by molar-refractivity contribution is -0.150. The normalized spacial score (nSPS) is 20.5. The lowest BCUT2D eigenvalue weighted by Gasteiger charge is -2.46. The number of hydrogen-bond acceptors (Lipinski definition) is 6. The zero-order valence-electron chi connectivity index (χ0n) is 27.1. The molecule has 2 atom stereocenters. The highest BCUT2D eigenvalue weighted by Crippen LogP contribution is 2.67. The number of anilines is 1. The van der Waals surface area contributed by atoms with Crippen LogP contribution in [0.1, 0.15) is 56.0 Å². The Morgan fingerprint density at radius 2 is 1.82 bits per heavy atom. The van der Waals surface area contributed by atoms with E-state index in [9.17, 15) is 9.59 Å². The molecule has 1 saturated heterocycles. The minimum atomic E-state index is -1.08. The number of aromatic nitrogens is 1. The average Bonchev–Trinajstić information content (AvgIpc) is 3.40. The van der Waals surface area contributed by atoms with Gasteiger partial charge in [0.05, 0.1) is 32.7 Å². The first-order valence-electron chi connectivity index (χ1n) is 15.7. The van der Waals surface area contributed by atoms with Crippen LogP contribution in [0.25, 0.3) is 10.9 Å². The molecule has 1 aliphatic carbocycles. The number of nitrogens with one attached hydrogen (secondary N) is 2. The van der Waals surface area contributed by atoms with Crippen molar-refractivity contribution in [3.05, 3.63) is 77.9 Å². The average molecular weight is 613 g/mol. The lowest BCUT2D eigenvalue weighted by atomic mass is 9.83. The van der Waals surface area contributed by atoms with Gasteiger partial charge in [-0.15, -0.1) is 0 Å². The number of hydrogen-bond donors (Lipinski definition) is 2. The van der Waals surface area contributed by atoms with E-state index in [0.29, 0.717) is 55.3 Å². The third-order valence-corrected chi connectivity index (χ3v) is 10.3. The number of likely N-dealkylation sites (tertiary alicyclic amines) is 1. The van der Waals surface area contributed by atoms with Gasteiger partial charge in [-0.05, 0) is 80.0 Å². The van der Waals surface area contributed by atoms with Crippen LogP contribution in [0.3, 0.4) is 0 Å². The van der Waals surface area contributed by atoms with Crippen LogP contribution < -0.4 is 14.8 Å². The molecule has 0 spiro atoms. The largest absolute Gasteiger partial charge is 0.497 e. The van der Waals surface area contributed by atoms with Crippen LogP contribution in [0.2, 0.25) is 0 Å². The number of carbonyl (C=O) groups excluding carboxylic acids is 2. The van der Waals surface area contributed by atoms with Gasteiger partial charge in [0.2, 0.25) is 5.91 Å². The molecule has 2 aromatic heterocycles. The standard InChI is InChI=1S/C36H44N4O5/c1-23-32(26-11-7-8-12-28(26)37-23)33-27(35(33,2)3)21-31(41)40(22-25-10-9-19-45-25)36(15-17-39(4)18-16-36)34(42)38-29-14-13-24(43-5)20-30(29)44-6/h7-14,19-20,27,33,37H,15-18,21-22H2,1-6H3,(H,38,42)/t27-,33+/m0/s1. The molecule has 4 aromatic rings. The molecule has 9 heteroatoms. The van der Waals surface area contributed by atoms with Crippen molar-refractivity contribution in [2.45, 2.75) is 58.0 Å². The van der Waals surface area contributed by atoms with Gasteiger partial charge in [0, 0.05) is 42.2 Å². The van der Waals surface area contributed by atoms with E-state index in [0.717, 1.165) is 11.2 Å². The number of carbonyl (C=O) groups is 2. The number of nitrogens with zero attached hydrogens (tertiary/aromatic N) is 2. The summed E-state index contributed by atoms with van der Waals surface area (Å²) >= 11 is 0. The maximum Gasteiger partial charge on any atom is 0.250 e. The van der Waals surface area contributed by atoms with Gasteiger partial charge >= 0.3 is 0 Å². The summed E-state index contributed by atoms with van der Waals surface area (Å²) in [7, 11) is 5.20. The Bertz CT molecular complexity index is 1680. The van der Waals surface area contributed by atoms with E-state index >= 15 is 0 Å². The molecule has 0 bridgehead atoms. The van der Waals surface area contributed by atoms with Crippen molar-refractivity contribution < 1.29 is 23.5 Å². The van der Waals surface area contributed by atoms with Crippen molar-refractivity contribution in [3.8, 4) is 11.5 Å². The molecular weight excluding hydrogens is 568 g/mol. The summed E-state index contributed by atoms with van der Waals surface area (Å²) in [6.45, 7) is 8.20. The van der Waals surface area contributed by atoms with Gasteiger partial charge in [-0.1, -0.05) is 32.0 Å². The van der Waals surface area contributed by atoms with E-state index in [2.05, 4.69) is 54.2 Å². The maximum atomic E-state index is 14.7. The number of rotatable bonds is 10. The predicted molar refractivity (Wildman–Crippen MR) is 175 cm³/mol. The highest BCUT2D eigenvalue weighted by Gasteiger charge is 2.61. The molecule has 1 aliphatic heterocycles. The number of aryl methyl sites for hydroxylation is 1. The summed E-state index contributed by atoms with van der Waals surface area (Å²) in [5.74, 6) is 1.87. The van der Waals surface area contributed by atoms with Gasteiger partial charge in [0.25, 0.3) is 5.91 Å². The number of H-pyrrole nitrogens is 1. The van der Waals surface area contributed by atoms with Crippen LogP contribution >= 0.6 is 0 Å². The fourth-order valence-corrected chi connectivity index (χ4v) is 7.48. The van der Waals surface area contributed by atoms with Crippen molar-refractivity contribution in [2.24, 2.45) is 11.3 Å². The van der Waals surface area contributed by atoms with E-state index < -0.39 is 5.54 Å². The quantitative estimate of drug-likeness (QED) is 0.217. The van der Waals surface area contributed by atoms with Crippen LogP contribution in [-0.4, -0.2) is 66.5 Å². The van der Waals surface area contributed by atoms with Crippen molar-refractivity contribution in [3.63, 3.8) is 0 Å². The first-order chi connectivity index (χ1) is 21.6. The second-order valence-electron chi connectivity index (χ2n) is 13.2. The highest BCUT2D eigenvalue weighted by molar-refractivity contribution is 6.01. The number of benzene rings is 2. The van der Waals surface area contributed by atoms with E-state index in [-0.39, 0.29) is 35.6 Å². The van der Waals surface area contributed by atoms with Crippen LogP contribution in [0.15, 0.2) is 65.3 Å². The number of amides is 2. The molecule has 2 aromatic carbocycles. The molecule has 1 saturated carbocycles. The second-order valence-corrected chi connectivity index (χ2v) is 13.2. The monoisotopic (exact) mass is 612 g/mol. The van der Waals surface area contributed by atoms with Crippen molar-refractivity contribution in [1.82, 2.24) is 14.8 Å². The third kappa shape index (κ3) is 5.58. The Balaban J connectivity index is 1.34. The molecule has 2 amide bonds. The number of para-hydroxylation sites is 1. The summed E-state index contributed by atoms with van der Waals surface area (Å²) in [5.41, 5.74) is 2.95. The fourth-order valence-electron chi connectivity index (χ4n) is 7.48. The van der Waals surface area contributed by atoms with Gasteiger partial charge in [0.15, 0.2) is 0 Å². The summed E-state index contributed by atoms with van der Waals surface area (Å²) in [5, 5.41) is 4.35. The van der Waals surface area contributed by atoms with Crippen LogP contribution in [0.4, 0.5) is 5.69 Å². The number of ether oxygens (including phenoxy) is 2. The molecule has 0 radical (unpaired) electrons. The fraction of sp³-hybridized carbons (Fsp3) is 0.444. The van der Waals surface area contributed by atoms with Crippen LogP contribution in [0, 0.1) is 18.3 Å². The van der Waals surface area contributed by atoms with E-state index in [4.69, 9.17) is 13.9 Å². The van der Waals surface area contributed by atoms with Gasteiger partial charge in [-0.25, -0.2) is 0 Å². The summed E-state index contributed by atoms with van der Waals surface area (Å²) < 4.78 is 16.7. The summed E-state index contributed by atoms with van der Waals surface area (Å²) in [6, 6.07) is 17.4. The number of fused-ring (bicyclic) bond motifs is 1. The van der Waals surface area contributed by atoms with Crippen LogP contribution in [-0.2, 0) is 16.1 Å². The van der Waals surface area contributed by atoms with E-state index in [1.165, 1.54) is 10.9 Å².